The summed E-state index contributed by atoms with van der Waals surface area (Å²) in [5, 5.41) is 6.35. The molecule has 1 aromatic heterocycles. The fourth-order valence-electron chi connectivity index (χ4n) is 3.31. The lowest BCUT2D eigenvalue weighted by Gasteiger charge is -2.24. The molecule has 1 saturated heterocycles. The molecule has 4 rings (SSSR count). The summed E-state index contributed by atoms with van der Waals surface area (Å²) < 4.78 is 20.9. The van der Waals surface area contributed by atoms with Gasteiger partial charge in [-0.1, -0.05) is 12.1 Å². The molecule has 4 N–H and O–H groups in total. The minimum absolute atomic E-state index is 0.129. The van der Waals surface area contributed by atoms with Gasteiger partial charge in [0.25, 0.3) is 0 Å². The number of nitrogens with two attached hydrogens (primary N) is 1. The Hall–Kier alpha value is -2.93. The number of aliphatic imine (C=N–C) groups is 1. The number of benzene rings is 1. The van der Waals surface area contributed by atoms with Crippen molar-refractivity contribution in [3.05, 3.63) is 59.9 Å². The second kappa shape index (κ2) is 7.75. The Labute approximate surface area is 157 Å². The van der Waals surface area contributed by atoms with Crippen LogP contribution >= 0.6 is 0 Å². The maximum absolute atomic E-state index is 14.8. The first kappa shape index (κ1) is 17.5. The molecule has 27 heavy (non-hydrogen) atoms. The van der Waals surface area contributed by atoms with E-state index in [1.807, 2.05) is 18.2 Å². The zero-order chi connectivity index (χ0) is 18.6. The number of nitrogens with one attached hydrogen (secondary N) is 2. The van der Waals surface area contributed by atoms with Crippen LogP contribution in [0, 0.1) is 5.82 Å². The molecule has 0 radical (unpaired) electrons. The number of hydrogen-bond acceptors (Lipinski definition) is 6. The molecule has 0 spiro atoms. The van der Waals surface area contributed by atoms with E-state index in [1.165, 1.54) is 6.07 Å². The van der Waals surface area contributed by atoms with Gasteiger partial charge in [0.1, 0.15) is 17.7 Å². The summed E-state index contributed by atoms with van der Waals surface area (Å²) in [7, 11) is 0. The van der Waals surface area contributed by atoms with Crippen molar-refractivity contribution in [2.24, 2.45) is 10.7 Å². The molecular formula is C20H22FN5O. The number of rotatable bonds is 4. The predicted molar refractivity (Wildman–Crippen MR) is 103 cm³/mol. The lowest BCUT2D eigenvalue weighted by atomic mass is 10.0. The van der Waals surface area contributed by atoms with Crippen LogP contribution in [0.1, 0.15) is 24.4 Å². The summed E-state index contributed by atoms with van der Waals surface area (Å²) in [6.45, 7) is 1.87. The van der Waals surface area contributed by atoms with Gasteiger partial charge in [0.15, 0.2) is 0 Å². The molecule has 1 fully saturated rings. The number of aromatic nitrogens is 1. The summed E-state index contributed by atoms with van der Waals surface area (Å²) >= 11 is 0. The van der Waals surface area contributed by atoms with Crippen molar-refractivity contribution in [2.75, 3.05) is 13.1 Å². The molecule has 140 valence electrons. The number of ether oxygens (including phenoxy) is 1. The van der Waals surface area contributed by atoms with E-state index in [-0.39, 0.29) is 18.0 Å². The second-order valence-electron chi connectivity index (χ2n) is 6.65. The molecule has 3 heterocycles. The van der Waals surface area contributed by atoms with Gasteiger partial charge in [0, 0.05) is 29.7 Å². The Bertz CT molecular complexity index is 876. The average Bonchev–Trinajstić information content (AvgIpc) is 2.70. The summed E-state index contributed by atoms with van der Waals surface area (Å²) in [5.74, 6) is 0.602. The molecular weight excluding hydrogens is 345 g/mol. The molecule has 0 bridgehead atoms. The van der Waals surface area contributed by atoms with Gasteiger partial charge in [-0.15, -0.1) is 0 Å². The maximum atomic E-state index is 14.8. The number of pyridine rings is 1. The van der Waals surface area contributed by atoms with E-state index < -0.39 is 0 Å². The summed E-state index contributed by atoms with van der Waals surface area (Å²) in [6, 6.07) is 8.54. The second-order valence-corrected chi connectivity index (χ2v) is 6.65. The monoisotopic (exact) mass is 367 g/mol. The van der Waals surface area contributed by atoms with E-state index in [2.05, 4.69) is 20.6 Å². The average molecular weight is 367 g/mol. The molecule has 2 aromatic rings. The van der Waals surface area contributed by atoms with Crippen molar-refractivity contribution in [3.63, 3.8) is 0 Å². The number of piperidine rings is 1. The van der Waals surface area contributed by atoms with Crippen LogP contribution in [0.4, 0.5) is 4.39 Å². The van der Waals surface area contributed by atoms with Crippen LogP contribution in [0.25, 0.3) is 11.1 Å². The molecule has 1 unspecified atom stereocenters. The maximum Gasteiger partial charge on any atom is 0.221 e. The zero-order valence-corrected chi connectivity index (χ0v) is 14.9. The smallest absolute Gasteiger partial charge is 0.221 e. The standard InChI is InChI=1S/C20H22FN5O/c21-17-10-13(3-4-16(17)18-11-26-19(22)12-25-18)15-2-1-7-24-20(15)27-14-5-8-23-9-6-14/h1-4,7,10-12,14,18,23,25H,5-6,8-9,22H2. The van der Waals surface area contributed by atoms with E-state index >= 15 is 0 Å². The van der Waals surface area contributed by atoms with Gasteiger partial charge >= 0.3 is 0 Å². The largest absolute Gasteiger partial charge is 0.474 e. The molecule has 6 nitrogen and oxygen atoms in total. The van der Waals surface area contributed by atoms with Crippen LogP contribution in [0.15, 0.2) is 53.5 Å². The van der Waals surface area contributed by atoms with Crippen molar-refractivity contribution in [3.8, 4) is 17.0 Å². The molecule has 1 atom stereocenters. The van der Waals surface area contributed by atoms with E-state index in [1.54, 1.807) is 24.7 Å². The van der Waals surface area contributed by atoms with Crippen LogP contribution in [-0.2, 0) is 0 Å². The summed E-state index contributed by atoms with van der Waals surface area (Å²) in [6.07, 6.45) is 6.87. The highest BCUT2D eigenvalue weighted by atomic mass is 19.1. The molecule has 0 amide bonds. The summed E-state index contributed by atoms with van der Waals surface area (Å²) in [5.41, 5.74) is 7.62. The minimum Gasteiger partial charge on any atom is -0.474 e. The highest BCUT2D eigenvalue weighted by Crippen LogP contribution is 2.31. The first-order chi connectivity index (χ1) is 13.2. The Morgan fingerprint density at radius 1 is 1.19 bits per heavy atom. The third-order valence-electron chi connectivity index (χ3n) is 4.77. The van der Waals surface area contributed by atoms with Gasteiger partial charge < -0.3 is 21.1 Å². The van der Waals surface area contributed by atoms with Crippen LogP contribution in [0.3, 0.4) is 0 Å². The van der Waals surface area contributed by atoms with Gasteiger partial charge in [-0.3, -0.25) is 0 Å². The normalized spacial score (nSPS) is 20.0. The third-order valence-corrected chi connectivity index (χ3v) is 4.77. The Morgan fingerprint density at radius 2 is 2.04 bits per heavy atom. The van der Waals surface area contributed by atoms with Gasteiger partial charge in [-0.05, 0) is 49.7 Å². The van der Waals surface area contributed by atoms with Gasteiger partial charge in [-0.25, -0.2) is 14.4 Å². The van der Waals surface area contributed by atoms with E-state index in [9.17, 15) is 4.39 Å². The van der Waals surface area contributed by atoms with Gasteiger partial charge in [0.05, 0.1) is 6.04 Å². The Morgan fingerprint density at radius 3 is 2.78 bits per heavy atom. The van der Waals surface area contributed by atoms with Crippen molar-refractivity contribution in [1.29, 1.82) is 0 Å². The number of halogens is 1. The highest BCUT2D eigenvalue weighted by molar-refractivity contribution is 5.72. The topological polar surface area (TPSA) is 84.6 Å². The quantitative estimate of drug-likeness (QED) is 0.773. The van der Waals surface area contributed by atoms with Crippen molar-refractivity contribution >= 4 is 6.21 Å². The van der Waals surface area contributed by atoms with Crippen molar-refractivity contribution in [1.82, 2.24) is 15.6 Å². The van der Waals surface area contributed by atoms with Gasteiger partial charge in [0.2, 0.25) is 5.88 Å². The Balaban J connectivity index is 1.58. The fourth-order valence-corrected chi connectivity index (χ4v) is 3.31. The molecule has 7 heteroatoms. The van der Waals surface area contributed by atoms with Crippen LogP contribution in [0.2, 0.25) is 0 Å². The molecule has 2 aliphatic rings. The zero-order valence-electron chi connectivity index (χ0n) is 14.9. The number of hydrogen-bond donors (Lipinski definition) is 3. The Kier molecular flexibility index (Phi) is 5.02. The fraction of sp³-hybridized carbons (Fsp3) is 0.300. The van der Waals surface area contributed by atoms with E-state index in [4.69, 9.17) is 10.5 Å². The lowest BCUT2D eigenvalue weighted by Crippen LogP contribution is -2.34. The van der Waals surface area contributed by atoms with Crippen molar-refractivity contribution < 1.29 is 9.13 Å². The molecule has 1 aromatic carbocycles. The SMILES string of the molecule is NC1=CNC(c2ccc(-c3cccnc3OC3CCNCC3)cc2F)C=N1. The first-order valence-electron chi connectivity index (χ1n) is 9.09. The molecule has 2 aliphatic heterocycles. The van der Waals surface area contributed by atoms with Crippen LogP contribution < -0.4 is 21.1 Å². The van der Waals surface area contributed by atoms with Crippen LogP contribution in [0.5, 0.6) is 5.88 Å². The highest BCUT2D eigenvalue weighted by Gasteiger charge is 2.19. The predicted octanol–water partition coefficient (Wildman–Crippen LogP) is 2.49. The van der Waals surface area contributed by atoms with Gasteiger partial charge in [-0.2, -0.15) is 0 Å². The minimum atomic E-state index is -0.342. The van der Waals surface area contributed by atoms with Crippen molar-refractivity contribution in [2.45, 2.75) is 25.0 Å². The summed E-state index contributed by atoms with van der Waals surface area (Å²) in [4.78, 5) is 8.42. The van der Waals surface area contributed by atoms with E-state index in [0.29, 0.717) is 17.3 Å². The first-order valence-corrected chi connectivity index (χ1v) is 9.09. The molecule has 0 aliphatic carbocycles. The molecule has 0 saturated carbocycles. The van der Waals surface area contributed by atoms with Crippen LogP contribution in [-0.4, -0.2) is 30.4 Å². The lowest BCUT2D eigenvalue weighted by molar-refractivity contribution is 0.157. The third kappa shape index (κ3) is 3.93. The van der Waals surface area contributed by atoms with E-state index in [0.717, 1.165) is 37.1 Å². The number of nitrogens with zero attached hydrogens (tertiary/aromatic N) is 2.